The van der Waals surface area contributed by atoms with Crippen LogP contribution in [0.2, 0.25) is 0 Å². The smallest absolute Gasteiger partial charge is 0.266 e. The maximum absolute atomic E-state index is 13.3. The molecule has 36 heavy (non-hydrogen) atoms. The lowest BCUT2D eigenvalue weighted by atomic mass is 9.96. The number of fused-ring (bicyclic) bond motifs is 2. The second-order valence-electron chi connectivity index (χ2n) is 8.32. The zero-order chi connectivity index (χ0) is 25.1. The number of nitrogens with zero attached hydrogens (tertiary/aromatic N) is 1. The highest BCUT2D eigenvalue weighted by Crippen LogP contribution is 2.36. The molecule has 0 bridgehead atoms. The van der Waals surface area contributed by atoms with E-state index in [9.17, 15) is 9.59 Å². The molecule has 0 spiro atoms. The first-order chi connectivity index (χ1) is 17.5. The average Bonchev–Trinajstić information content (AvgIpc) is 3.15. The van der Waals surface area contributed by atoms with Gasteiger partial charge in [0.2, 0.25) is 5.91 Å². The van der Waals surface area contributed by atoms with Crippen molar-refractivity contribution in [2.45, 2.75) is 13.3 Å². The van der Waals surface area contributed by atoms with Crippen molar-refractivity contribution in [3.8, 4) is 5.75 Å². The molecule has 2 amide bonds. The Morgan fingerprint density at radius 1 is 1.00 bits per heavy atom. The molecule has 1 aliphatic heterocycles. The molecule has 4 aromatic carbocycles. The second-order valence-corrected chi connectivity index (χ2v) is 10.00. The number of ether oxygens (including phenoxy) is 1. The van der Waals surface area contributed by atoms with Gasteiger partial charge in [-0.1, -0.05) is 72.5 Å². The lowest BCUT2D eigenvalue weighted by molar-refractivity contribution is -0.122. The number of amides is 2. The number of rotatable bonds is 7. The molecule has 0 aromatic heterocycles. The van der Waals surface area contributed by atoms with Gasteiger partial charge in [0.15, 0.2) is 0 Å². The molecule has 4 aromatic rings. The summed E-state index contributed by atoms with van der Waals surface area (Å²) in [7, 11) is 0. The van der Waals surface area contributed by atoms with Crippen LogP contribution in [0.25, 0.3) is 27.6 Å². The van der Waals surface area contributed by atoms with E-state index in [2.05, 4.69) is 35.6 Å². The van der Waals surface area contributed by atoms with Crippen LogP contribution in [0.5, 0.6) is 5.75 Å². The molecule has 1 aliphatic rings. The van der Waals surface area contributed by atoms with Crippen molar-refractivity contribution in [3.63, 3.8) is 0 Å². The summed E-state index contributed by atoms with van der Waals surface area (Å²) in [5, 5.41) is 7.25. The number of carbonyl (C=O) groups excluding carboxylic acids is 2. The third-order valence-electron chi connectivity index (χ3n) is 5.97. The highest BCUT2D eigenvalue weighted by Gasteiger charge is 2.32. The van der Waals surface area contributed by atoms with Crippen molar-refractivity contribution in [1.82, 2.24) is 4.90 Å². The van der Waals surface area contributed by atoms with Gasteiger partial charge in [-0.2, -0.15) is 0 Å². The topological polar surface area (TPSA) is 58.6 Å². The largest absolute Gasteiger partial charge is 0.494 e. The zero-order valence-electron chi connectivity index (χ0n) is 19.7. The van der Waals surface area contributed by atoms with Gasteiger partial charge in [0.05, 0.1) is 11.5 Å². The highest BCUT2D eigenvalue weighted by atomic mass is 32.2. The monoisotopic (exact) mass is 512 g/mol. The maximum atomic E-state index is 13.3. The normalized spacial score (nSPS) is 14.7. The number of anilines is 1. The molecule has 0 atom stereocenters. The Hall–Kier alpha value is -3.68. The van der Waals surface area contributed by atoms with Gasteiger partial charge in [0.25, 0.3) is 5.91 Å². The number of thiocarbonyl (C=S) groups is 1. The number of hydrogen-bond acceptors (Lipinski definition) is 5. The van der Waals surface area contributed by atoms with Crippen molar-refractivity contribution < 1.29 is 14.3 Å². The molecule has 1 heterocycles. The lowest BCUT2D eigenvalue weighted by Crippen LogP contribution is -2.31. The van der Waals surface area contributed by atoms with E-state index in [-0.39, 0.29) is 24.8 Å². The van der Waals surface area contributed by atoms with Gasteiger partial charge in [-0.05, 0) is 70.4 Å². The van der Waals surface area contributed by atoms with Gasteiger partial charge < -0.3 is 10.1 Å². The Morgan fingerprint density at radius 3 is 2.28 bits per heavy atom. The van der Waals surface area contributed by atoms with Crippen molar-refractivity contribution in [1.29, 1.82) is 0 Å². The number of carbonyl (C=O) groups is 2. The van der Waals surface area contributed by atoms with Crippen LogP contribution in [0.1, 0.15) is 18.9 Å². The van der Waals surface area contributed by atoms with E-state index in [0.29, 0.717) is 21.5 Å². The van der Waals surface area contributed by atoms with Gasteiger partial charge in [0.1, 0.15) is 10.1 Å². The highest BCUT2D eigenvalue weighted by molar-refractivity contribution is 8.26. The molecule has 7 heteroatoms. The van der Waals surface area contributed by atoms with E-state index < -0.39 is 0 Å². The minimum absolute atomic E-state index is 0.143. The lowest BCUT2D eigenvalue weighted by Gasteiger charge is -2.14. The standard InChI is InChI=1S/C29H24N2O3S2/c1-2-34-22-13-11-21(12-14-22)30-27(32)15-16-31-28(33)26(36-29(31)35)18-25-23-9-5-3-7-19(23)17-20-8-4-6-10-24(20)25/h3-14,17-18H,2,15-16H2,1H3,(H,30,32)/b26-18-. The van der Waals surface area contributed by atoms with Crippen molar-refractivity contribution >= 4 is 73.4 Å². The Morgan fingerprint density at radius 2 is 1.64 bits per heavy atom. The van der Waals surface area contributed by atoms with E-state index in [0.717, 1.165) is 32.9 Å². The van der Waals surface area contributed by atoms with Crippen LogP contribution in [-0.4, -0.2) is 34.2 Å². The minimum Gasteiger partial charge on any atom is -0.494 e. The third kappa shape index (κ3) is 4.98. The molecule has 0 radical (unpaired) electrons. The van der Waals surface area contributed by atoms with E-state index in [1.807, 2.05) is 49.4 Å². The number of nitrogens with one attached hydrogen (secondary N) is 1. The van der Waals surface area contributed by atoms with Gasteiger partial charge in [-0.3, -0.25) is 14.5 Å². The molecule has 1 N–H and O–H groups in total. The van der Waals surface area contributed by atoms with Crippen LogP contribution >= 0.6 is 24.0 Å². The summed E-state index contributed by atoms with van der Waals surface area (Å²) >= 11 is 6.78. The fraction of sp³-hybridized carbons (Fsp3) is 0.138. The predicted molar refractivity (Wildman–Crippen MR) is 152 cm³/mol. The molecule has 1 saturated heterocycles. The first-order valence-corrected chi connectivity index (χ1v) is 12.9. The molecule has 5 nitrogen and oxygen atoms in total. The number of thioether (sulfide) groups is 1. The summed E-state index contributed by atoms with van der Waals surface area (Å²) in [6.07, 6.45) is 2.08. The average molecular weight is 513 g/mol. The molecule has 1 fully saturated rings. The molecular weight excluding hydrogens is 488 g/mol. The second kappa shape index (κ2) is 10.5. The minimum atomic E-state index is -0.183. The number of benzene rings is 4. The third-order valence-corrected chi connectivity index (χ3v) is 7.35. The Kier molecular flexibility index (Phi) is 7.02. The Balaban J connectivity index is 1.33. The fourth-order valence-corrected chi connectivity index (χ4v) is 5.56. The zero-order valence-corrected chi connectivity index (χ0v) is 21.3. The summed E-state index contributed by atoms with van der Waals surface area (Å²) in [6.45, 7) is 2.73. The van der Waals surface area contributed by atoms with Crippen LogP contribution in [-0.2, 0) is 9.59 Å². The summed E-state index contributed by atoms with van der Waals surface area (Å²) in [5.74, 6) is 0.395. The molecular formula is C29H24N2O3S2. The summed E-state index contributed by atoms with van der Waals surface area (Å²) < 4.78 is 5.89. The molecule has 5 rings (SSSR count). The molecule has 0 saturated carbocycles. The molecule has 180 valence electrons. The van der Waals surface area contributed by atoms with Crippen molar-refractivity contribution in [2.75, 3.05) is 18.5 Å². The summed E-state index contributed by atoms with van der Waals surface area (Å²) in [5.41, 5.74) is 1.68. The Bertz CT molecular complexity index is 1460. The summed E-state index contributed by atoms with van der Waals surface area (Å²) in [6, 6.07) is 25.7. The van der Waals surface area contributed by atoms with Crippen LogP contribution in [0.15, 0.2) is 83.8 Å². The quantitative estimate of drug-likeness (QED) is 0.171. The van der Waals surface area contributed by atoms with E-state index >= 15 is 0 Å². The van der Waals surface area contributed by atoms with Crippen LogP contribution in [0.4, 0.5) is 5.69 Å². The van der Waals surface area contributed by atoms with Gasteiger partial charge >= 0.3 is 0 Å². The number of hydrogen-bond donors (Lipinski definition) is 1. The van der Waals surface area contributed by atoms with E-state index in [1.165, 1.54) is 16.7 Å². The SMILES string of the molecule is CCOc1ccc(NC(=O)CCN2C(=O)/C(=C/c3c4ccccc4cc4ccccc34)SC2=S)cc1. The van der Waals surface area contributed by atoms with Gasteiger partial charge in [-0.15, -0.1) is 0 Å². The van der Waals surface area contributed by atoms with Crippen LogP contribution in [0.3, 0.4) is 0 Å². The van der Waals surface area contributed by atoms with Crippen LogP contribution in [0, 0.1) is 0 Å². The first-order valence-electron chi connectivity index (χ1n) is 11.7. The van der Waals surface area contributed by atoms with Crippen molar-refractivity contribution in [2.24, 2.45) is 0 Å². The van der Waals surface area contributed by atoms with Gasteiger partial charge in [-0.25, -0.2) is 0 Å². The predicted octanol–water partition coefficient (Wildman–Crippen LogP) is 6.62. The van der Waals surface area contributed by atoms with Crippen molar-refractivity contribution in [3.05, 3.63) is 89.3 Å². The van der Waals surface area contributed by atoms with Crippen LogP contribution < -0.4 is 10.1 Å². The maximum Gasteiger partial charge on any atom is 0.266 e. The molecule has 0 aliphatic carbocycles. The van der Waals surface area contributed by atoms with E-state index in [4.69, 9.17) is 17.0 Å². The Labute approximate surface area is 219 Å². The van der Waals surface area contributed by atoms with E-state index in [1.54, 1.807) is 12.1 Å². The first kappa shape index (κ1) is 24.0. The molecule has 0 unspecified atom stereocenters. The summed E-state index contributed by atoms with van der Waals surface area (Å²) in [4.78, 5) is 27.9. The fourth-order valence-electron chi connectivity index (χ4n) is 4.27. The van der Waals surface area contributed by atoms with Gasteiger partial charge in [0, 0.05) is 18.7 Å².